The Hall–Kier alpha value is -4.11. The molecule has 5 rings (SSSR count). The molecule has 0 radical (unpaired) electrons. The molecule has 6 nitrogen and oxygen atoms in total. The maximum Gasteiger partial charge on any atom is 0.434 e. The molecule has 0 saturated carbocycles. The Labute approximate surface area is 196 Å². The second kappa shape index (κ2) is 8.35. The van der Waals surface area contributed by atoms with Crippen molar-refractivity contribution in [1.82, 2.24) is 19.7 Å². The van der Waals surface area contributed by atoms with Crippen LogP contribution in [0.4, 0.5) is 18.9 Å². The number of amides is 1. The van der Waals surface area contributed by atoms with E-state index in [1.54, 1.807) is 30.3 Å². The lowest BCUT2D eigenvalue weighted by molar-refractivity contribution is -0.143. The maximum absolute atomic E-state index is 13.9. The molecule has 2 heterocycles. The first-order valence-electron chi connectivity index (χ1n) is 10.1. The fraction of sp³-hybridized carbons (Fsp3) is 0.0417. The number of rotatable bonds is 4. The van der Waals surface area contributed by atoms with E-state index >= 15 is 0 Å². The highest BCUT2D eigenvalue weighted by Gasteiger charge is 2.41. The molecule has 2 N–H and O–H groups in total. The van der Waals surface area contributed by atoms with Crippen molar-refractivity contribution in [2.24, 2.45) is 0 Å². The van der Waals surface area contributed by atoms with Crippen LogP contribution in [0.1, 0.15) is 16.1 Å². The molecule has 0 atom stereocenters. The van der Waals surface area contributed by atoms with Crippen LogP contribution in [0.15, 0.2) is 79.0 Å². The van der Waals surface area contributed by atoms with Crippen LogP contribution in [-0.4, -0.2) is 25.7 Å². The van der Waals surface area contributed by atoms with E-state index in [-0.39, 0.29) is 10.7 Å². The van der Waals surface area contributed by atoms with Gasteiger partial charge in [0.2, 0.25) is 0 Å². The fourth-order valence-electron chi connectivity index (χ4n) is 3.63. The second-order valence-corrected chi connectivity index (χ2v) is 7.81. The summed E-state index contributed by atoms with van der Waals surface area (Å²) in [5.41, 5.74) is 0.761. The third kappa shape index (κ3) is 4.01. The number of carbonyl (C=O) groups excluding carboxylic acids is 1. The van der Waals surface area contributed by atoms with Crippen LogP contribution in [0.2, 0.25) is 5.02 Å². The summed E-state index contributed by atoms with van der Waals surface area (Å²) in [5.74, 6) is -0.382. The predicted octanol–water partition coefficient (Wildman–Crippen LogP) is 6.34. The van der Waals surface area contributed by atoms with Gasteiger partial charge in [-0.15, -0.1) is 0 Å². The van der Waals surface area contributed by atoms with Gasteiger partial charge in [-0.25, -0.2) is 9.67 Å². The highest BCUT2D eigenvalue weighted by molar-refractivity contribution is 6.32. The number of para-hydroxylation sites is 3. The lowest BCUT2D eigenvalue weighted by Crippen LogP contribution is -2.20. The predicted molar refractivity (Wildman–Crippen MR) is 123 cm³/mol. The van der Waals surface area contributed by atoms with E-state index in [4.69, 9.17) is 11.6 Å². The van der Waals surface area contributed by atoms with Crippen molar-refractivity contribution in [2.75, 3.05) is 5.32 Å². The zero-order valence-electron chi connectivity index (χ0n) is 17.3. The van der Waals surface area contributed by atoms with Gasteiger partial charge < -0.3 is 10.3 Å². The first-order chi connectivity index (χ1) is 16.3. The van der Waals surface area contributed by atoms with Crippen LogP contribution in [0.25, 0.3) is 28.1 Å². The van der Waals surface area contributed by atoms with Crippen LogP contribution in [0.3, 0.4) is 0 Å². The van der Waals surface area contributed by atoms with Gasteiger partial charge in [0.1, 0.15) is 5.82 Å². The molecule has 170 valence electrons. The van der Waals surface area contributed by atoms with Gasteiger partial charge in [-0.05, 0) is 36.4 Å². The number of anilines is 1. The highest BCUT2D eigenvalue weighted by Crippen LogP contribution is 2.35. The zero-order chi connectivity index (χ0) is 23.9. The summed E-state index contributed by atoms with van der Waals surface area (Å²) in [6.45, 7) is 0. The molecule has 0 aliphatic heterocycles. The summed E-state index contributed by atoms with van der Waals surface area (Å²) >= 11 is 6.07. The van der Waals surface area contributed by atoms with Gasteiger partial charge in [-0.2, -0.15) is 18.3 Å². The van der Waals surface area contributed by atoms with E-state index in [0.29, 0.717) is 21.8 Å². The molecule has 0 fully saturated rings. The topological polar surface area (TPSA) is 75.6 Å². The Morgan fingerprint density at radius 1 is 1.00 bits per heavy atom. The Morgan fingerprint density at radius 2 is 1.76 bits per heavy atom. The van der Waals surface area contributed by atoms with Crippen LogP contribution in [-0.2, 0) is 6.18 Å². The molecule has 2 aromatic heterocycles. The molecule has 5 aromatic rings. The summed E-state index contributed by atoms with van der Waals surface area (Å²) < 4.78 is 42.5. The van der Waals surface area contributed by atoms with Crippen LogP contribution in [0, 0.1) is 0 Å². The zero-order valence-corrected chi connectivity index (χ0v) is 18.0. The number of carbonyl (C=O) groups is 1. The molecular weight excluding hydrogens is 467 g/mol. The average molecular weight is 482 g/mol. The van der Waals surface area contributed by atoms with E-state index in [9.17, 15) is 18.0 Å². The lowest BCUT2D eigenvalue weighted by atomic mass is 10.1. The van der Waals surface area contributed by atoms with Crippen molar-refractivity contribution >= 4 is 34.2 Å². The minimum Gasteiger partial charge on any atom is -0.338 e. The lowest BCUT2D eigenvalue weighted by Gasteiger charge is -2.14. The number of nitrogens with one attached hydrogen (secondary N) is 2. The summed E-state index contributed by atoms with van der Waals surface area (Å²) in [7, 11) is 0. The van der Waals surface area contributed by atoms with E-state index < -0.39 is 23.3 Å². The third-order valence-corrected chi connectivity index (χ3v) is 5.47. The van der Waals surface area contributed by atoms with E-state index in [2.05, 4.69) is 20.4 Å². The smallest absolute Gasteiger partial charge is 0.338 e. The fourth-order valence-corrected chi connectivity index (χ4v) is 3.84. The minimum atomic E-state index is -4.85. The van der Waals surface area contributed by atoms with E-state index in [1.165, 1.54) is 18.2 Å². The highest BCUT2D eigenvalue weighted by atomic mass is 35.5. The first-order valence-corrected chi connectivity index (χ1v) is 10.5. The summed E-state index contributed by atoms with van der Waals surface area (Å²) in [6, 6.07) is 20.1. The molecule has 0 aliphatic rings. The number of hydrogen-bond acceptors (Lipinski definition) is 3. The van der Waals surface area contributed by atoms with Gasteiger partial charge in [0.05, 0.1) is 33.5 Å². The van der Waals surface area contributed by atoms with Gasteiger partial charge >= 0.3 is 6.18 Å². The monoisotopic (exact) mass is 481 g/mol. The van der Waals surface area contributed by atoms with Crippen molar-refractivity contribution in [3.63, 3.8) is 0 Å². The summed E-state index contributed by atoms with van der Waals surface area (Å²) in [5, 5.41) is 6.40. The van der Waals surface area contributed by atoms with E-state index in [1.807, 2.05) is 24.3 Å². The Morgan fingerprint density at radius 3 is 2.53 bits per heavy atom. The molecule has 0 bridgehead atoms. The standard InChI is InChI=1S/C24H15ClF3N5O/c25-17-8-1-4-11-20(17)33-21(24(26,27)28)16(13-29-33)23(34)30-15-7-5-6-14(12-15)22-31-18-9-2-3-10-19(18)32-22/h1-13H,(H,30,34)(H,31,32). The molecule has 0 unspecified atom stereocenters. The minimum absolute atomic E-state index is 0.0161. The molecule has 10 heteroatoms. The van der Waals surface area contributed by atoms with E-state index in [0.717, 1.165) is 17.2 Å². The SMILES string of the molecule is O=C(Nc1cccc(-c2nc3ccccc3[nH]2)c1)c1cnn(-c2ccccc2Cl)c1C(F)(F)F. The van der Waals surface area contributed by atoms with Gasteiger partial charge in [-0.1, -0.05) is 48.0 Å². The number of aromatic nitrogens is 4. The molecular formula is C24H15ClF3N5O. The average Bonchev–Trinajstić information content (AvgIpc) is 3.44. The number of imidazole rings is 1. The number of fused-ring (bicyclic) bond motifs is 1. The van der Waals surface area contributed by atoms with Gasteiger partial charge in [0.25, 0.3) is 5.91 Å². The van der Waals surface area contributed by atoms with Crippen LogP contribution >= 0.6 is 11.6 Å². The maximum atomic E-state index is 13.9. The van der Waals surface area contributed by atoms with Gasteiger partial charge in [-0.3, -0.25) is 4.79 Å². The van der Waals surface area contributed by atoms with Crippen molar-refractivity contribution in [1.29, 1.82) is 0 Å². The van der Waals surface area contributed by atoms with Crippen molar-refractivity contribution in [3.05, 3.63) is 95.3 Å². The summed E-state index contributed by atoms with van der Waals surface area (Å²) in [4.78, 5) is 20.6. The molecule has 0 saturated heterocycles. The normalized spacial score (nSPS) is 11.6. The van der Waals surface area contributed by atoms with Crippen LogP contribution in [0.5, 0.6) is 0 Å². The second-order valence-electron chi connectivity index (χ2n) is 7.41. The third-order valence-electron chi connectivity index (χ3n) is 5.15. The number of nitrogens with zero attached hydrogens (tertiary/aromatic N) is 3. The molecule has 1 amide bonds. The number of aromatic amines is 1. The number of benzene rings is 3. The molecule has 34 heavy (non-hydrogen) atoms. The quantitative estimate of drug-likeness (QED) is 0.314. The number of H-pyrrole nitrogens is 1. The van der Waals surface area contributed by atoms with Crippen molar-refractivity contribution in [3.8, 4) is 17.1 Å². The Kier molecular flexibility index (Phi) is 5.33. The molecule has 0 spiro atoms. The number of hydrogen-bond donors (Lipinski definition) is 2. The van der Waals surface area contributed by atoms with Crippen molar-refractivity contribution < 1.29 is 18.0 Å². The van der Waals surface area contributed by atoms with Crippen LogP contribution < -0.4 is 5.32 Å². The van der Waals surface area contributed by atoms with Gasteiger partial charge in [0, 0.05) is 11.3 Å². The van der Waals surface area contributed by atoms with Crippen molar-refractivity contribution in [2.45, 2.75) is 6.18 Å². The molecule has 3 aromatic carbocycles. The summed E-state index contributed by atoms with van der Waals surface area (Å²) in [6.07, 6.45) is -3.97. The Bertz CT molecular complexity index is 1490. The largest absolute Gasteiger partial charge is 0.434 e. The first kappa shape index (κ1) is 21.7. The van der Waals surface area contributed by atoms with Gasteiger partial charge in [0.15, 0.2) is 5.69 Å². The molecule has 0 aliphatic carbocycles. The number of alkyl halides is 3. The number of halogens is 4. The Balaban J connectivity index is 1.48.